The van der Waals surface area contributed by atoms with Crippen molar-refractivity contribution in [2.45, 2.75) is 45.6 Å². The standard InChI is InChI=1S/C26H27N5O/c1-18-8-9-21(23-7-3-4-12-28-23)22(14-18)26(32)31-13-5-6-19(2)24(31)10-11-25-29-16-20(15-27)17-30-25/h3-4,7-9,12,14,16-17,19,24H,5-6,10-11,13H2,1-2H3/t19-,24?/m1/s1. The molecule has 32 heavy (non-hydrogen) atoms. The van der Waals surface area contributed by atoms with Crippen LogP contribution < -0.4 is 0 Å². The summed E-state index contributed by atoms with van der Waals surface area (Å²) in [6.07, 6.45) is 8.44. The van der Waals surface area contributed by atoms with Gasteiger partial charge in [0.05, 0.1) is 11.3 Å². The van der Waals surface area contributed by atoms with Crippen LogP contribution in [-0.2, 0) is 6.42 Å². The summed E-state index contributed by atoms with van der Waals surface area (Å²) in [5, 5.41) is 8.95. The summed E-state index contributed by atoms with van der Waals surface area (Å²) in [5.41, 5.74) is 3.90. The Hall–Kier alpha value is -3.59. The van der Waals surface area contributed by atoms with Crippen molar-refractivity contribution in [3.8, 4) is 17.3 Å². The SMILES string of the molecule is Cc1ccc(-c2ccccn2)c(C(=O)N2CCC[C@@H](C)C2CCc2ncc(C#N)cn2)c1. The lowest BCUT2D eigenvalue weighted by Gasteiger charge is -2.40. The van der Waals surface area contributed by atoms with Gasteiger partial charge in [0.2, 0.25) is 0 Å². The molecule has 1 aliphatic rings. The average molecular weight is 426 g/mol. The largest absolute Gasteiger partial charge is 0.335 e. The third-order valence-electron chi connectivity index (χ3n) is 6.22. The van der Waals surface area contributed by atoms with Crippen LogP contribution in [0, 0.1) is 24.2 Å². The zero-order valence-electron chi connectivity index (χ0n) is 18.5. The van der Waals surface area contributed by atoms with Crippen LogP contribution in [0.2, 0.25) is 0 Å². The van der Waals surface area contributed by atoms with Gasteiger partial charge in [0.1, 0.15) is 11.9 Å². The summed E-state index contributed by atoms with van der Waals surface area (Å²) in [6, 6.07) is 13.9. The number of pyridine rings is 1. The molecule has 1 saturated heterocycles. The minimum absolute atomic E-state index is 0.0617. The topological polar surface area (TPSA) is 82.8 Å². The van der Waals surface area contributed by atoms with Crippen LogP contribution in [0.25, 0.3) is 11.3 Å². The lowest BCUT2D eigenvalue weighted by molar-refractivity contribution is 0.0499. The number of likely N-dealkylation sites (tertiary alicyclic amines) is 1. The van der Waals surface area contributed by atoms with Crippen LogP contribution in [0.15, 0.2) is 55.0 Å². The van der Waals surface area contributed by atoms with Crippen molar-refractivity contribution in [1.82, 2.24) is 19.9 Å². The van der Waals surface area contributed by atoms with E-state index in [1.54, 1.807) is 18.6 Å². The Bertz CT molecular complexity index is 1120. The van der Waals surface area contributed by atoms with E-state index in [1.807, 2.05) is 54.3 Å². The van der Waals surface area contributed by atoms with Gasteiger partial charge >= 0.3 is 0 Å². The normalized spacial score (nSPS) is 18.2. The monoisotopic (exact) mass is 425 g/mol. The highest BCUT2D eigenvalue weighted by Gasteiger charge is 2.33. The summed E-state index contributed by atoms with van der Waals surface area (Å²) >= 11 is 0. The highest BCUT2D eigenvalue weighted by Crippen LogP contribution is 2.31. The van der Waals surface area contributed by atoms with Gasteiger partial charge in [0, 0.05) is 48.7 Å². The Kier molecular flexibility index (Phi) is 6.55. The first-order valence-corrected chi connectivity index (χ1v) is 11.1. The predicted octanol–water partition coefficient (Wildman–Crippen LogP) is 4.59. The summed E-state index contributed by atoms with van der Waals surface area (Å²) in [5.74, 6) is 1.17. The molecule has 0 spiro atoms. The summed E-state index contributed by atoms with van der Waals surface area (Å²) < 4.78 is 0. The van der Waals surface area contributed by atoms with E-state index in [4.69, 9.17) is 5.26 Å². The van der Waals surface area contributed by atoms with Gasteiger partial charge in [-0.05, 0) is 50.3 Å². The number of aryl methyl sites for hydroxylation is 2. The van der Waals surface area contributed by atoms with Gasteiger partial charge < -0.3 is 4.90 Å². The molecular weight excluding hydrogens is 398 g/mol. The zero-order chi connectivity index (χ0) is 22.5. The van der Waals surface area contributed by atoms with Gasteiger partial charge in [-0.2, -0.15) is 5.26 Å². The number of carbonyl (C=O) groups is 1. The molecule has 3 aromatic rings. The smallest absolute Gasteiger partial charge is 0.254 e. The van der Waals surface area contributed by atoms with E-state index in [0.29, 0.717) is 29.3 Å². The van der Waals surface area contributed by atoms with Gasteiger partial charge in [-0.1, -0.05) is 30.7 Å². The Labute approximate surface area is 189 Å². The van der Waals surface area contributed by atoms with Gasteiger partial charge in [-0.3, -0.25) is 9.78 Å². The molecule has 0 bridgehead atoms. The van der Waals surface area contributed by atoms with Crippen LogP contribution in [-0.4, -0.2) is 38.3 Å². The molecule has 0 N–H and O–H groups in total. The van der Waals surface area contributed by atoms with Crippen LogP contribution in [0.5, 0.6) is 0 Å². The van der Waals surface area contributed by atoms with Crippen molar-refractivity contribution in [1.29, 1.82) is 5.26 Å². The first-order chi connectivity index (χ1) is 15.6. The fourth-order valence-corrected chi connectivity index (χ4v) is 4.50. The van der Waals surface area contributed by atoms with E-state index in [1.165, 1.54) is 0 Å². The van der Waals surface area contributed by atoms with Crippen LogP contribution in [0.1, 0.15) is 53.5 Å². The third kappa shape index (κ3) is 4.67. The molecule has 1 fully saturated rings. The number of amides is 1. The fourth-order valence-electron chi connectivity index (χ4n) is 4.50. The number of aromatic nitrogens is 3. The van der Waals surface area contributed by atoms with E-state index in [9.17, 15) is 4.79 Å². The van der Waals surface area contributed by atoms with E-state index in [2.05, 4.69) is 21.9 Å². The quantitative estimate of drug-likeness (QED) is 0.597. The lowest BCUT2D eigenvalue weighted by Crippen LogP contribution is -2.48. The molecule has 1 amide bonds. The molecule has 0 radical (unpaired) electrons. The van der Waals surface area contributed by atoms with Crippen molar-refractivity contribution in [3.05, 3.63) is 77.5 Å². The predicted molar refractivity (Wildman–Crippen MR) is 123 cm³/mol. The molecule has 2 atom stereocenters. The van der Waals surface area contributed by atoms with E-state index < -0.39 is 0 Å². The molecular formula is C26H27N5O. The molecule has 1 aromatic carbocycles. The van der Waals surface area contributed by atoms with Crippen LogP contribution in [0.3, 0.4) is 0 Å². The number of nitrogens with zero attached hydrogens (tertiary/aromatic N) is 5. The number of piperidine rings is 1. The molecule has 6 nitrogen and oxygen atoms in total. The molecule has 1 unspecified atom stereocenters. The van der Waals surface area contributed by atoms with Crippen molar-refractivity contribution >= 4 is 5.91 Å². The Morgan fingerprint density at radius 1 is 1.19 bits per heavy atom. The van der Waals surface area contributed by atoms with Crippen molar-refractivity contribution in [2.75, 3.05) is 6.54 Å². The minimum atomic E-state index is 0.0617. The fraction of sp³-hybridized carbons (Fsp3) is 0.346. The second-order valence-corrected chi connectivity index (χ2v) is 8.49. The van der Waals surface area contributed by atoms with Gasteiger partial charge in [0.15, 0.2) is 0 Å². The average Bonchev–Trinajstić information content (AvgIpc) is 2.83. The molecule has 0 aliphatic carbocycles. The number of rotatable bonds is 5. The second-order valence-electron chi connectivity index (χ2n) is 8.49. The second kappa shape index (κ2) is 9.69. The number of carbonyl (C=O) groups excluding carboxylic acids is 1. The van der Waals surface area contributed by atoms with Crippen molar-refractivity contribution in [2.24, 2.45) is 5.92 Å². The first kappa shape index (κ1) is 21.6. The molecule has 162 valence electrons. The summed E-state index contributed by atoms with van der Waals surface area (Å²) in [4.78, 5) is 29.0. The molecule has 6 heteroatoms. The van der Waals surface area contributed by atoms with Gasteiger partial charge in [-0.25, -0.2) is 9.97 Å². The number of hydrogen-bond acceptors (Lipinski definition) is 5. The zero-order valence-corrected chi connectivity index (χ0v) is 18.5. The van der Waals surface area contributed by atoms with Crippen molar-refractivity contribution < 1.29 is 4.79 Å². The minimum Gasteiger partial charge on any atom is -0.335 e. The van der Waals surface area contributed by atoms with E-state index in [0.717, 1.165) is 42.6 Å². The Morgan fingerprint density at radius 3 is 2.72 bits per heavy atom. The highest BCUT2D eigenvalue weighted by molar-refractivity contribution is 6.01. The molecule has 4 rings (SSSR count). The van der Waals surface area contributed by atoms with Crippen LogP contribution in [0.4, 0.5) is 0 Å². The maximum atomic E-state index is 13.8. The van der Waals surface area contributed by atoms with E-state index >= 15 is 0 Å². The number of benzene rings is 1. The first-order valence-electron chi connectivity index (χ1n) is 11.1. The third-order valence-corrected chi connectivity index (χ3v) is 6.22. The van der Waals surface area contributed by atoms with E-state index in [-0.39, 0.29) is 11.9 Å². The summed E-state index contributed by atoms with van der Waals surface area (Å²) in [7, 11) is 0. The highest BCUT2D eigenvalue weighted by atomic mass is 16.2. The van der Waals surface area contributed by atoms with Crippen molar-refractivity contribution in [3.63, 3.8) is 0 Å². The lowest BCUT2D eigenvalue weighted by atomic mass is 9.86. The molecule has 0 saturated carbocycles. The number of nitriles is 1. The maximum Gasteiger partial charge on any atom is 0.254 e. The molecule has 3 heterocycles. The molecule has 2 aromatic heterocycles. The molecule has 1 aliphatic heterocycles. The van der Waals surface area contributed by atoms with Gasteiger partial charge in [0.25, 0.3) is 5.91 Å². The number of hydrogen-bond donors (Lipinski definition) is 0. The van der Waals surface area contributed by atoms with Crippen LogP contribution >= 0.6 is 0 Å². The Balaban J connectivity index is 1.60. The van der Waals surface area contributed by atoms with Gasteiger partial charge in [-0.15, -0.1) is 0 Å². The Morgan fingerprint density at radius 2 is 2.00 bits per heavy atom. The summed E-state index contributed by atoms with van der Waals surface area (Å²) in [6.45, 7) is 4.98. The maximum absolute atomic E-state index is 13.8.